The number of rotatable bonds is 6. The highest BCUT2D eigenvalue weighted by molar-refractivity contribution is 5.91. The molecule has 2 N–H and O–H groups in total. The van der Waals surface area contributed by atoms with Gasteiger partial charge < -0.3 is 15.4 Å². The molecule has 0 atom stereocenters. The van der Waals surface area contributed by atoms with Crippen LogP contribution in [-0.4, -0.2) is 36.5 Å². The van der Waals surface area contributed by atoms with Crippen molar-refractivity contribution in [2.45, 2.75) is 6.42 Å². The fraction of sp³-hybridized carbons (Fsp3) is 0.222. The number of methoxy groups -OCH3 is 1. The minimum atomic E-state index is -0.0477. The summed E-state index contributed by atoms with van der Waals surface area (Å²) in [4.78, 5) is 17.8. The highest BCUT2D eigenvalue weighted by Crippen LogP contribution is 2.22. The van der Waals surface area contributed by atoms with Crippen molar-refractivity contribution in [3.63, 3.8) is 0 Å². The molecule has 1 aromatic heterocycles. The van der Waals surface area contributed by atoms with Crippen LogP contribution in [0.15, 0.2) is 48.8 Å². The van der Waals surface area contributed by atoms with E-state index in [4.69, 9.17) is 10.5 Å². The molecular formula is C18H21N3O2. The van der Waals surface area contributed by atoms with Crippen molar-refractivity contribution in [2.24, 2.45) is 0 Å². The molecule has 2 rings (SSSR count). The average molecular weight is 311 g/mol. The quantitative estimate of drug-likeness (QED) is 0.657. The molecule has 0 saturated heterocycles. The number of anilines is 1. The first-order valence-electron chi connectivity index (χ1n) is 7.35. The molecule has 5 nitrogen and oxygen atoms in total. The van der Waals surface area contributed by atoms with Crippen LogP contribution in [0, 0.1) is 0 Å². The smallest absolute Gasteiger partial charge is 0.246 e. The topological polar surface area (TPSA) is 68.5 Å². The number of benzene rings is 1. The van der Waals surface area contributed by atoms with Gasteiger partial charge in [-0.25, -0.2) is 0 Å². The third-order valence-corrected chi connectivity index (χ3v) is 3.53. The van der Waals surface area contributed by atoms with Gasteiger partial charge in [0.15, 0.2) is 0 Å². The van der Waals surface area contributed by atoms with Crippen molar-refractivity contribution in [3.8, 4) is 5.75 Å². The van der Waals surface area contributed by atoms with E-state index >= 15 is 0 Å². The molecule has 0 unspecified atom stereocenters. The molecule has 1 heterocycles. The van der Waals surface area contributed by atoms with E-state index in [-0.39, 0.29) is 5.91 Å². The lowest BCUT2D eigenvalue weighted by Crippen LogP contribution is -2.27. The van der Waals surface area contributed by atoms with Gasteiger partial charge in [-0.3, -0.25) is 9.78 Å². The number of amides is 1. The minimum absolute atomic E-state index is 0.0477. The van der Waals surface area contributed by atoms with E-state index < -0.39 is 0 Å². The summed E-state index contributed by atoms with van der Waals surface area (Å²) in [7, 11) is 3.36. The molecule has 0 spiro atoms. The number of nitrogens with two attached hydrogens (primary N) is 1. The van der Waals surface area contributed by atoms with Crippen LogP contribution in [0.25, 0.3) is 6.08 Å². The summed E-state index contributed by atoms with van der Waals surface area (Å²) in [5.41, 5.74) is 8.42. The number of aromatic nitrogens is 1. The maximum atomic E-state index is 12.1. The van der Waals surface area contributed by atoms with Gasteiger partial charge in [0, 0.05) is 32.1 Å². The van der Waals surface area contributed by atoms with E-state index in [2.05, 4.69) is 4.98 Å². The van der Waals surface area contributed by atoms with Gasteiger partial charge in [-0.15, -0.1) is 0 Å². The Labute approximate surface area is 136 Å². The molecule has 120 valence electrons. The molecule has 0 fully saturated rings. The third kappa shape index (κ3) is 4.85. The van der Waals surface area contributed by atoms with Crippen LogP contribution in [-0.2, 0) is 11.2 Å². The second-order valence-corrected chi connectivity index (χ2v) is 5.20. The molecule has 1 amide bonds. The van der Waals surface area contributed by atoms with Gasteiger partial charge in [0.25, 0.3) is 0 Å². The summed E-state index contributed by atoms with van der Waals surface area (Å²) in [6, 6.07) is 9.32. The van der Waals surface area contributed by atoms with E-state index in [0.29, 0.717) is 18.0 Å². The zero-order valence-corrected chi connectivity index (χ0v) is 13.4. The number of nitrogen functional groups attached to an aromatic ring is 1. The number of carbonyl (C=O) groups is 1. The number of hydrogen-bond donors (Lipinski definition) is 1. The lowest BCUT2D eigenvalue weighted by molar-refractivity contribution is -0.124. The van der Waals surface area contributed by atoms with E-state index in [0.717, 1.165) is 17.5 Å². The zero-order chi connectivity index (χ0) is 16.7. The molecule has 0 aliphatic carbocycles. The van der Waals surface area contributed by atoms with Crippen molar-refractivity contribution in [1.82, 2.24) is 9.88 Å². The van der Waals surface area contributed by atoms with Crippen molar-refractivity contribution in [2.75, 3.05) is 26.4 Å². The third-order valence-electron chi connectivity index (χ3n) is 3.53. The van der Waals surface area contributed by atoms with Gasteiger partial charge in [-0.05, 0) is 47.9 Å². The number of nitrogens with zero attached hydrogens (tertiary/aromatic N) is 2. The molecule has 23 heavy (non-hydrogen) atoms. The number of pyridine rings is 1. The van der Waals surface area contributed by atoms with Crippen molar-refractivity contribution >= 4 is 17.7 Å². The Bertz CT molecular complexity index is 684. The number of carbonyl (C=O) groups excluding carboxylic acids is 1. The molecular weight excluding hydrogens is 290 g/mol. The minimum Gasteiger partial charge on any atom is -0.495 e. The van der Waals surface area contributed by atoms with E-state index in [9.17, 15) is 4.79 Å². The predicted molar refractivity (Wildman–Crippen MR) is 92.0 cm³/mol. The van der Waals surface area contributed by atoms with Crippen LogP contribution in [0.5, 0.6) is 5.75 Å². The highest BCUT2D eigenvalue weighted by atomic mass is 16.5. The normalized spacial score (nSPS) is 10.7. The van der Waals surface area contributed by atoms with Gasteiger partial charge in [0.05, 0.1) is 12.8 Å². The fourth-order valence-corrected chi connectivity index (χ4v) is 2.11. The summed E-state index contributed by atoms with van der Waals surface area (Å²) in [6.45, 7) is 0.651. The Morgan fingerprint density at radius 3 is 2.70 bits per heavy atom. The fourth-order valence-electron chi connectivity index (χ4n) is 2.11. The first kappa shape index (κ1) is 16.5. The summed E-state index contributed by atoms with van der Waals surface area (Å²) in [5, 5.41) is 0. The van der Waals surface area contributed by atoms with Crippen LogP contribution in [0.3, 0.4) is 0 Å². The van der Waals surface area contributed by atoms with Crippen molar-refractivity contribution in [1.29, 1.82) is 0 Å². The second-order valence-electron chi connectivity index (χ2n) is 5.20. The Balaban J connectivity index is 1.91. The lowest BCUT2D eigenvalue weighted by atomic mass is 10.1. The predicted octanol–water partition coefficient (Wildman–Crippen LogP) is 2.39. The first-order valence-corrected chi connectivity index (χ1v) is 7.35. The molecule has 0 saturated carbocycles. The van der Waals surface area contributed by atoms with Crippen LogP contribution in [0.2, 0.25) is 0 Å². The molecule has 0 aliphatic heterocycles. The first-order chi connectivity index (χ1) is 11.1. The molecule has 5 heteroatoms. The van der Waals surface area contributed by atoms with Gasteiger partial charge in [-0.2, -0.15) is 0 Å². The van der Waals surface area contributed by atoms with Crippen molar-refractivity contribution < 1.29 is 9.53 Å². The maximum absolute atomic E-state index is 12.1. The molecule has 1 aromatic carbocycles. The SMILES string of the molecule is COc1ccc(/C=C/C(=O)N(C)CCc2ccncc2)cc1N. The lowest BCUT2D eigenvalue weighted by Gasteiger charge is -2.14. The summed E-state index contributed by atoms with van der Waals surface area (Å²) in [6.07, 6.45) is 7.61. The Kier molecular flexibility index (Phi) is 5.74. The number of ether oxygens (including phenoxy) is 1. The Morgan fingerprint density at radius 1 is 1.30 bits per heavy atom. The van der Waals surface area contributed by atoms with Crippen LogP contribution in [0.4, 0.5) is 5.69 Å². The van der Waals surface area contributed by atoms with E-state index in [1.165, 1.54) is 0 Å². The van der Waals surface area contributed by atoms with Crippen LogP contribution >= 0.6 is 0 Å². The van der Waals surface area contributed by atoms with Crippen molar-refractivity contribution in [3.05, 3.63) is 59.9 Å². The van der Waals surface area contributed by atoms with Gasteiger partial charge in [0.1, 0.15) is 5.75 Å². The van der Waals surface area contributed by atoms with E-state index in [1.54, 1.807) is 55.7 Å². The number of hydrogen-bond acceptors (Lipinski definition) is 4. The summed E-state index contributed by atoms with van der Waals surface area (Å²) >= 11 is 0. The molecule has 0 radical (unpaired) electrons. The largest absolute Gasteiger partial charge is 0.495 e. The summed E-state index contributed by atoms with van der Waals surface area (Å²) < 4.78 is 5.11. The second kappa shape index (κ2) is 7.98. The summed E-state index contributed by atoms with van der Waals surface area (Å²) in [5.74, 6) is 0.580. The molecule has 0 aliphatic rings. The van der Waals surface area contributed by atoms with Crippen LogP contribution in [0.1, 0.15) is 11.1 Å². The number of likely N-dealkylation sites (N-methyl/N-ethyl adjacent to an activating group) is 1. The van der Waals surface area contributed by atoms with E-state index in [1.807, 2.05) is 18.2 Å². The van der Waals surface area contributed by atoms with Crippen LogP contribution < -0.4 is 10.5 Å². The highest BCUT2D eigenvalue weighted by Gasteiger charge is 2.05. The average Bonchev–Trinajstić information content (AvgIpc) is 2.58. The monoisotopic (exact) mass is 311 g/mol. The molecule has 2 aromatic rings. The van der Waals surface area contributed by atoms with Gasteiger partial charge >= 0.3 is 0 Å². The van der Waals surface area contributed by atoms with Gasteiger partial charge in [0.2, 0.25) is 5.91 Å². The Morgan fingerprint density at radius 2 is 2.04 bits per heavy atom. The van der Waals surface area contributed by atoms with Gasteiger partial charge in [-0.1, -0.05) is 6.07 Å². The maximum Gasteiger partial charge on any atom is 0.246 e. The standard InChI is InChI=1S/C18H21N3O2/c1-21(12-9-14-7-10-20-11-8-14)18(22)6-4-15-3-5-17(23-2)16(19)13-15/h3-8,10-11,13H,9,12,19H2,1-2H3/b6-4+. The molecule has 0 bridgehead atoms. The zero-order valence-electron chi connectivity index (χ0n) is 13.4. The Hall–Kier alpha value is -2.82.